The number of hydrogen-bond acceptors (Lipinski definition) is 4. The van der Waals surface area contributed by atoms with E-state index >= 15 is 0 Å². The summed E-state index contributed by atoms with van der Waals surface area (Å²) in [6, 6.07) is 3.67. The first-order valence-corrected chi connectivity index (χ1v) is 9.67. The average molecular weight is 385 g/mol. The molecule has 150 valence electrons. The molecule has 0 saturated carbocycles. The maximum absolute atomic E-state index is 12.9. The molecule has 2 aromatic heterocycles. The van der Waals surface area contributed by atoms with Crippen LogP contribution in [0.1, 0.15) is 29.9 Å². The number of rotatable bonds is 2. The van der Waals surface area contributed by atoms with Crippen molar-refractivity contribution in [3.8, 4) is 0 Å². The summed E-state index contributed by atoms with van der Waals surface area (Å²) < 4.78 is 7.19. The lowest BCUT2D eigenvalue weighted by atomic mass is 9.72. The Morgan fingerprint density at radius 1 is 1.25 bits per heavy atom. The molecule has 0 aromatic carbocycles. The summed E-state index contributed by atoms with van der Waals surface area (Å²) in [5.41, 5.74) is 2.00. The third-order valence-electron chi connectivity index (χ3n) is 5.89. The minimum atomic E-state index is -0.198. The van der Waals surface area contributed by atoms with E-state index < -0.39 is 0 Å². The minimum absolute atomic E-state index is 0.0395. The molecule has 3 amide bonds. The number of carbonyl (C=O) groups excluding carboxylic acids is 2. The summed E-state index contributed by atoms with van der Waals surface area (Å²) in [4.78, 5) is 30.7. The molecule has 0 bridgehead atoms. The third-order valence-corrected chi connectivity index (χ3v) is 5.89. The average Bonchev–Trinajstić information content (AvgIpc) is 3.31. The van der Waals surface area contributed by atoms with Crippen molar-refractivity contribution in [2.45, 2.75) is 31.2 Å². The van der Waals surface area contributed by atoms with E-state index in [2.05, 4.69) is 0 Å². The molecule has 2 aromatic rings. The molecule has 0 N–H and O–H groups in total. The molecule has 4 rings (SSSR count). The molecular weight excluding hydrogens is 358 g/mol. The molecule has 2 aliphatic rings. The summed E-state index contributed by atoms with van der Waals surface area (Å²) in [6.07, 6.45) is 5.49. The largest absolute Gasteiger partial charge is 0.469 e. The molecule has 28 heavy (non-hydrogen) atoms. The topological polar surface area (TPSA) is 74.8 Å². The second kappa shape index (κ2) is 7.00. The van der Waals surface area contributed by atoms with Crippen molar-refractivity contribution in [1.82, 2.24) is 24.5 Å². The summed E-state index contributed by atoms with van der Waals surface area (Å²) in [5, 5.41) is 4.75. The van der Waals surface area contributed by atoms with Crippen LogP contribution in [0.15, 0.2) is 29.0 Å². The first kappa shape index (κ1) is 18.6. The van der Waals surface area contributed by atoms with Crippen molar-refractivity contribution in [3.05, 3.63) is 41.6 Å². The number of nitrogens with zero attached hydrogens (tertiary/aromatic N) is 5. The number of aryl methyl sites for hydroxylation is 1. The molecule has 8 nitrogen and oxygen atoms in total. The Labute approximate surface area is 164 Å². The van der Waals surface area contributed by atoms with Crippen molar-refractivity contribution in [3.63, 3.8) is 0 Å². The molecule has 1 saturated heterocycles. The van der Waals surface area contributed by atoms with Gasteiger partial charge in [-0.1, -0.05) is 0 Å². The molecule has 0 unspecified atom stereocenters. The van der Waals surface area contributed by atoms with Gasteiger partial charge in [-0.2, -0.15) is 5.10 Å². The van der Waals surface area contributed by atoms with E-state index in [1.165, 1.54) is 0 Å². The molecule has 0 radical (unpaired) electrons. The second-order valence-electron chi connectivity index (χ2n) is 8.13. The van der Waals surface area contributed by atoms with Crippen LogP contribution in [0.25, 0.3) is 0 Å². The highest BCUT2D eigenvalue weighted by Crippen LogP contribution is 2.41. The predicted octanol–water partition coefficient (Wildman–Crippen LogP) is 1.61. The number of carbonyl (C=O) groups is 2. The molecule has 2 aliphatic heterocycles. The zero-order valence-electron chi connectivity index (χ0n) is 16.7. The van der Waals surface area contributed by atoms with Gasteiger partial charge in [0.05, 0.1) is 18.4 Å². The molecule has 1 spiro atoms. The van der Waals surface area contributed by atoms with E-state index in [0.29, 0.717) is 31.9 Å². The van der Waals surface area contributed by atoms with Crippen LogP contribution in [-0.4, -0.2) is 70.1 Å². The van der Waals surface area contributed by atoms with E-state index in [4.69, 9.17) is 9.52 Å². The SMILES string of the molecule is CN(C)C(=O)N1CCC2(CC1)CN(C(=O)Cc1ccco1)Cc1cn(C)nc12. The van der Waals surface area contributed by atoms with Gasteiger partial charge in [0.2, 0.25) is 5.91 Å². The van der Waals surface area contributed by atoms with Gasteiger partial charge in [-0.05, 0) is 25.0 Å². The van der Waals surface area contributed by atoms with Crippen molar-refractivity contribution in [2.24, 2.45) is 7.05 Å². The van der Waals surface area contributed by atoms with E-state index in [1.54, 1.807) is 31.3 Å². The standard InChI is InChI=1S/C20H27N5O3/c1-22(2)19(27)24-8-6-20(7-9-24)14-25(13-15-12-23(3)21-18(15)20)17(26)11-16-5-4-10-28-16/h4-5,10,12H,6-9,11,13-14H2,1-3H3. The van der Waals surface area contributed by atoms with E-state index in [0.717, 1.165) is 24.1 Å². The quantitative estimate of drug-likeness (QED) is 0.787. The summed E-state index contributed by atoms with van der Waals surface area (Å²) >= 11 is 0. The van der Waals surface area contributed by atoms with Gasteiger partial charge in [0.15, 0.2) is 0 Å². The molecule has 4 heterocycles. The number of hydrogen-bond donors (Lipinski definition) is 0. The van der Waals surface area contributed by atoms with Crippen LogP contribution < -0.4 is 0 Å². The number of likely N-dealkylation sites (tertiary alicyclic amines) is 1. The Morgan fingerprint density at radius 2 is 2.00 bits per heavy atom. The smallest absolute Gasteiger partial charge is 0.319 e. The van der Waals surface area contributed by atoms with Crippen LogP contribution in [0.2, 0.25) is 0 Å². The molecule has 0 atom stereocenters. The molecule has 0 aliphatic carbocycles. The van der Waals surface area contributed by atoms with Crippen LogP contribution in [0.4, 0.5) is 4.79 Å². The minimum Gasteiger partial charge on any atom is -0.469 e. The third kappa shape index (κ3) is 3.27. The van der Waals surface area contributed by atoms with Gasteiger partial charge in [-0.3, -0.25) is 9.48 Å². The van der Waals surface area contributed by atoms with Crippen molar-refractivity contribution in [2.75, 3.05) is 33.7 Å². The Hall–Kier alpha value is -2.77. The van der Waals surface area contributed by atoms with Gasteiger partial charge in [0, 0.05) is 64.5 Å². The highest BCUT2D eigenvalue weighted by molar-refractivity contribution is 5.79. The van der Waals surface area contributed by atoms with Crippen LogP contribution >= 0.6 is 0 Å². The monoisotopic (exact) mass is 385 g/mol. The molecule has 8 heteroatoms. The van der Waals surface area contributed by atoms with Gasteiger partial charge in [-0.25, -0.2) is 4.79 Å². The van der Waals surface area contributed by atoms with Gasteiger partial charge < -0.3 is 19.1 Å². The van der Waals surface area contributed by atoms with Crippen molar-refractivity contribution in [1.29, 1.82) is 0 Å². The highest BCUT2D eigenvalue weighted by atomic mass is 16.3. The van der Waals surface area contributed by atoms with Crippen LogP contribution in [-0.2, 0) is 30.2 Å². The van der Waals surface area contributed by atoms with Gasteiger partial charge in [0.25, 0.3) is 0 Å². The molecular formula is C20H27N5O3. The van der Waals surface area contributed by atoms with E-state index in [9.17, 15) is 9.59 Å². The first-order chi connectivity index (χ1) is 13.4. The Balaban J connectivity index is 1.56. The van der Waals surface area contributed by atoms with Crippen LogP contribution in [0.3, 0.4) is 0 Å². The summed E-state index contributed by atoms with van der Waals surface area (Å²) in [7, 11) is 5.48. The lowest BCUT2D eigenvalue weighted by Gasteiger charge is -2.46. The number of fused-ring (bicyclic) bond motifs is 2. The lowest BCUT2D eigenvalue weighted by molar-refractivity contribution is -0.133. The maximum atomic E-state index is 12.9. The first-order valence-electron chi connectivity index (χ1n) is 9.67. The lowest BCUT2D eigenvalue weighted by Crippen LogP contribution is -2.55. The zero-order chi connectivity index (χ0) is 19.9. The van der Waals surface area contributed by atoms with E-state index in [1.807, 2.05) is 33.8 Å². The van der Waals surface area contributed by atoms with Gasteiger partial charge in [0.1, 0.15) is 5.76 Å². The Bertz CT molecular complexity index is 863. The fraction of sp³-hybridized carbons (Fsp3) is 0.550. The highest BCUT2D eigenvalue weighted by Gasteiger charge is 2.46. The number of furan rings is 1. The number of aromatic nitrogens is 2. The fourth-order valence-electron chi connectivity index (χ4n) is 4.46. The summed E-state index contributed by atoms with van der Waals surface area (Å²) in [5.74, 6) is 0.748. The number of urea groups is 1. The van der Waals surface area contributed by atoms with Crippen LogP contribution in [0, 0.1) is 0 Å². The van der Waals surface area contributed by atoms with E-state index in [-0.39, 0.29) is 23.8 Å². The Kier molecular flexibility index (Phi) is 4.64. The number of piperidine rings is 1. The predicted molar refractivity (Wildman–Crippen MR) is 103 cm³/mol. The zero-order valence-corrected chi connectivity index (χ0v) is 16.7. The van der Waals surface area contributed by atoms with Crippen LogP contribution in [0.5, 0.6) is 0 Å². The molecule has 1 fully saturated rings. The van der Waals surface area contributed by atoms with Crippen molar-refractivity contribution >= 4 is 11.9 Å². The fourth-order valence-corrected chi connectivity index (χ4v) is 4.46. The normalized spacial score (nSPS) is 18.2. The Morgan fingerprint density at radius 3 is 2.64 bits per heavy atom. The van der Waals surface area contributed by atoms with Gasteiger partial charge >= 0.3 is 6.03 Å². The summed E-state index contributed by atoms with van der Waals surface area (Å²) in [6.45, 7) is 2.56. The maximum Gasteiger partial charge on any atom is 0.319 e. The van der Waals surface area contributed by atoms with Crippen molar-refractivity contribution < 1.29 is 14.0 Å². The number of amides is 3. The second-order valence-corrected chi connectivity index (χ2v) is 8.13. The van der Waals surface area contributed by atoms with Gasteiger partial charge in [-0.15, -0.1) is 0 Å².